The molecule has 0 radical (unpaired) electrons. The molecular weight excluding hydrogens is 222 g/mol. The van der Waals surface area contributed by atoms with Gasteiger partial charge < -0.3 is 10.1 Å². The van der Waals surface area contributed by atoms with E-state index >= 15 is 0 Å². The molecule has 0 aromatic heterocycles. The van der Waals surface area contributed by atoms with Crippen LogP contribution in [-0.4, -0.2) is 24.8 Å². The first-order valence-corrected chi connectivity index (χ1v) is 5.00. The van der Waals surface area contributed by atoms with Crippen LogP contribution in [0.5, 0.6) is 0 Å². The molecule has 90 valence electrons. The number of anilines is 1. The average molecular weight is 235 g/mol. The van der Waals surface area contributed by atoms with Crippen LogP contribution in [0.3, 0.4) is 0 Å². The molecule has 1 aromatic rings. The van der Waals surface area contributed by atoms with E-state index in [9.17, 15) is 14.4 Å². The Balaban J connectivity index is 2.68. The van der Waals surface area contributed by atoms with Gasteiger partial charge in [-0.2, -0.15) is 0 Å². The third-order valence-electron chi connectivity index (χ3n) is 2.09. The molecule has 5 nitrogen and oxygen atoms in total. The zero-order valence-electron chi connectivity index (χ0n) is 9.65. The van der Waals surface area contributed by atoms with Gasteiger partial charge in [0.1, 0.15) is 6.42 Å². The number of nitrogens with one attached hydrogen (secondary N) is 1. The number of esters is 1. The lowest BCUT2D eigenvalue weighted by Gasteiger charge is -2.05. The van der Waals surface area contributed by atoms with Gasteiger partial charge in [0, 0.05) is 11.3 Å². The Bertz CT molecular complexity index is 454. The fourth-order valence-corrected chi connectivity index (χ4v) is 1.22. The van der Waals surface area contributed by atoms with Gasteiger partial charge in [0.25, 0.3) is 0 Å². The molecule has 1 aromatic carbocycles. The minimum atomic E-state index is -0.606. The third kappa shape index (κ3) is 4.06. The van der Waals surface area contributed by atoms with Crippen LogP contribution in [-0.2, 0) is 14.3 Å². The zero-order chi connectivity index (χ0) is 12.8. The Morgan fingerprint density at radius 3 is 2.59 bits per heavy atom. The van der Waals surface area contributed by atoms with Crippen LogP contribution in [0, 0.1) is 0 Å². The standard InChI is InChI=1S/C12H13NO4/c1-8(14)9-4-3-5-10(6-9)13-11(15)7-12(16)17-2/h3-6H,7H2,1-2H3,(H,13,15). The van der Waals surface area contributed by atoms with Gasteiger partial charge in [0.2, 0.25) is 5.91 Å². The van der Waals surface area contributed by atoms with E-state index in [-0.39, 0.29) is 12.2 Å². The van der Waals surface area contributed by atoms with Gasteiger partial charge in [-0.25, -0.2) is 0 Å². The summed E-state index contributed by atoms with van der Waals surface area (Å²) < 4.78 is 4.37. The first-order valence-electron chi connectivity index (χ1n) is 5.00. The van der Waals surface area contributed by atoms with Gasteiger partial charge in [0.05, 0.1) is 7.11 Å². The topological polar surface area (TPSA) is 72.5 Å². The SMILES string of the molecule is COC(=O)CC(=O)Nc1cccc(C(C)=O)c1. The van der Waals surface area contributed by atoms with Gasteiger partial charge in [0.15, 0.2) is 5.78 Å². The van der Waals surface area contributed by atoms with Crippen LogP contribution in [0.15, 0.2) is 24.3 Å². The second-order valence-corrected chi connectivity index (χ2v) is 3.44. The molecule has 1 amide bonds. The summed E-state index contributed by atoms with van der Waals surface area (Å²) in [6.45, 7) is 1.44. The summed E-state index contributed by atoms with van der Waals surface area (Å²) in [7, 11) is 1.21. The lowest BCUT2D eigenvalue weighted by molar-refractivity contribution is -0.142. The average Bonchev–Trinajstić information content (AvgIpc) is 2.28. The fraction of sp³-hybridized carbons (Fsp3) is 0.250. The largest absolute Gasteiger partial charge is 0.469 e. The Morgan fingerprint density at radius 2 is 2.00 bits per heavy atom. The number of ether oxygens (including phenoxy) is 1. The van der Waals surface area contributed by atoms with Gasteiger partial charge in [-0.1, -0.05) is 12.1 Å². The molecule has 0 aliphatic carbocycles. The smallest absolute Gasteiger partial charge is 0.315 e. The number of methoxy groups -OCH3 is 1. The third-order valence-corrected chi connectivity index (χ3v) is 2.09. The van der Waals surface area contributed by atoms with Crippen LogP contribution in [0.1, 0.15) is 23.7 Å². The van der Waals surface area contributed by atoms with E-state index in [1.165, 1.54) is 14.0 Å². The molecule has 17 heavy (non-hydrogen) atoms. The van der Waals surface area contributed by atoms with E-state index < -0.39 is 11.9 Å². The molecule has 0 fully saturated rings. The van der Waals surface area contributed by atoms with E-state index in [0.29, 0.717) is 11.3 Å². The fourth-order valence-electron chi connectivity index (χ4n) is 1.22. The van der Waals surface area contributed by atoms with E-state index in [1.807, 2.05) is 0 Å². The highest BCUT2D eigenvalue weighted by Crippen LogP contribution is 2.11. The van der Waals surface area contributed by atoms with Crippen molar-refractivity contribution in [2.24, 2.45) is 0 Å². The predicted octanol–water partition coefficient (Wildman–Crippen LogP) is 1.39. The summed E-state index contributed by atoms with van der Waals surface area (Å²) >= 11 is 0. The normalized spacial score (nSPS) is 9.53. The number of carbonyl (C=O) groups excluding carboxylic acids is 3. The van der Waals surface area contributed by atoms with Crippen molar-refractivity contribution in [1.82, 2.24) is 0 Å². The quantitative estimate of drug-likeness (QED) is 0.486. The highest BCUT2D eigenvalue weighted by Gasteiger charge is 2.10. The van der Waals surface area contributed by atoms with Gasteiger partial charge in [-0.3, -0.25) is 14.4 Å². The molecule has 0 heterocycles. The van der Waals surface area contributed by atoms with Crippen molar-refractivity contribution in [2.45, 2.75) is 13.3 Å². The first kappa shape index (κ1) is 12.9. The number of hydrogen-bond donors (Lipinski definition) is 1. The van der Waals surface area contributed by atoms with Gasteiger partial charge in [-0.05, 0) is 19.1 Å². The molecule has 0 bridgehead atoms. The molecule has 0 aliphatic heterocycles. The van der Waals surface area contributed by atoms with Crippen LogP contribution in [0.25, 0.3) is 0 Å². The van der Waals surface area contributed by atoms with E-state index in [2.05, 4.69) is 10.1 Å². The molecular formula is C12H13NO4. The van der Waals surface area contributed by atoms with Crippen LogP contribution < -0.4 is 5.32 Å². The Labute approximate surface area is 98.8 Å². The maximum atomic E-state index is 11.4. The van der Waals surface area contributed by atoms with Crippen LogP contribution in [0.4, 0.5) is 5.69 Å². The molecule has 0 atom stereocenters. The molecule has 5 heteroatoms. The molecule has 1 N–H and O–H groups in total. The number of ketones is 1. The zero-order valence-corrected chi connectivity index (χ0v) is 9.65. The summed E-state index contributed by atoms with van der Waals surface area (Å²) in [6.07, 6.45) is -0.346. The number of rotatable bonds is 4. The highest BCUT2D eigenvalue weighted by atomic mass is 16.5. The van der Waals surface area contributed by atoms with Crippen LogP contribution >= 0.6 is 0 Å². The predicted molar refractivity (Wildman–Crippen MR) is 61.7 cm³/mol. The number of benzene rings is 1. The van der Waals surface area contributed by atoms with Crippen molar-refractivity contribution in [1.29, 1.82) is 0 Å². The van der Waals surface area contributed by atoms with Gasteiger partial charge in [-0.15, -0.1) is 0 Å². The Kier molecular flexibility index (Phi) is 4.39. The molecule has 1 rings (SSSR count). The van der Waals surface area contributed by atoms with Crippen molar-refractivity contribution < 1.29 is 19.1 Å². The van der Waals surface area contributed by atoms with E-state index in [1.54, 1.807) is 24.3 Å². The number of amides is 1. The van der Waals surface area contributed by atoms with Gasteiger partial charge >= 0.3 is 5.97 Å². The monoisotopic (exact) mass is 235 g/mol. The molecule has 0 unspecified atom stereocenters. The lowest BCUT2D eigenvalue weighted by atomic mass is 10.1. The number of carbonyl (C=O) groups is 3. The summed E-state index contributed by atoms with van der Waals surface area (Å²) in [5, 5.41) is 2.51. The van der Waals surface area contributed by atoms with Crippen molar-refractivity contribution in [3.63, 3.8) is 0 Å². The number of Topliss-reactive ketones (excluding diaryl/α,β-unsaturated/α-hetero) is 1. The lowest BCUT2D eigenvalue weighted by Crippen LogP contribution is -2.17. The highest BCUT2D eigenvalue weighted by molar-refractivity contribution is 6.02. The Hall–Kier alpha value is -2.17. The van der Waals surface area contributed by atoms with E-state index in [4.69, 9.17) is 0 Å². The molecule has 0 spiro atoms. The second kappa shape index (κ2) is 5.79. The summed E-state index contributed by atoms with van der Waals surface area (Å²) in [6, 6.07) is 6.50. The van der Waals surface area contributed by atoms with Crippen molar-refractivity contribution in [2.75, 3.05) is 12.4 Å². The van der Waals surface area contributed by atoms with Crippen molar-refractivity contribution in [3.05, 3.63) is 29.8 Å². The van der Waals surface area contributed by atoms with E-state index in [0.717, 1.165) is 0 Å². The maximum absolute atomic E-state index is 11.4. The van der Waals surface area contributed by atoms with Crippen molar-refractivity contribution >= 4 is 23.3 Å². The Morgan fingerprint density at radius 1 is 1.29 bits per heavy atom. The molecule has 0 saturated heterocycles. The number of hydrogen-bond acceptors (Lipinski definition) is 4. The summed E-state index contributed by atoms with van der Waals surface area (Å²) in [4.78, 5) is 33.3. The minimum Gasteiger partial charge on any atom is -0.469 e. The summed E-state index contributed by atoms with van der Waals surface area (Å²) in [5.41, 5.74) is 0.979. The molecule has 0 aliphatic rings. The summed E-state index contributed by atoms with van der Waals surface area (Å²) in [5.74, 6) is -1.17. The maximum Gasteiger partial charge on any atom is 0.315 e. The minimum absolute atomic E-state index is 0.0888. The molecule has 0 saturated carbocycles. The second-order valence-electron chi connectivity index (χ2n) is 3.44. The van der Waals surface area contributed by atoms with Crippen molar-refractivity contribution in [3.8, 4) is 0 Å². The first-order chi connectivity index (χ1) is 8.02. The van der Waals surface area contributed by atoms with Crippen LogP contribution in [0.2, 0.25) is 0 Å².